The predicted molar refractivity (Wildman–Crippen MR) is 49.0 cm³/mol. The van der Waals surface area contributed by atoms with Gasteiger partial charge in [0.1, 0.15) is 0 Å². The molecule has 0 spiro atoms. The molecule has 0 bridgehead atoms. The maximum absolute atomic E-state index is 3.94. The van der Waals surface area contributed by atoms with E-state index in [1.165, 1.54) is 19.3 Å². The minimum absolute atomic E-state index is 1.06. The Morgan fingerprint density at radius 1 is 1.36 bits per heavy atom. The molecule has 0 amide bonds. The Morgan fingerprint density at radius 3 is 2.55 bits per heavy atom. The largest absolute Gasteiger partial charge is 0.371 e. The van der Waals surface area contributed by atoms with Gasteiger partial charge in [-0.1, -0.05) is 6.58 Å². The number of aliphatic imine (C=N–C) groups is 1. The zero-order valence-electron chi connectivity index (χ0n) is 7.21. The molecular formula is C9H16N2. The van der Waals surface area contributed by atoms with Crippen LogP contribution in [0.3, 0.4) is 0 Å². The second kappa shape index (κ2) is 4.16. The SMILES string of the molecule is C=C(C=NC)N1CCCCC1. The number of hydrogen-bond donors (Lipinski definition) is 0. The highest BCUT2D eigenvalue weighted by Gasteiger charge is 2.09. The first kappa shape index (κ1) is 8.31. The van der Waals surface area contributed by atoms with Crippen LogP contribution in [0.4, 0.5) is 0 Å². The van der Waals surface area contributed by atoms with Crippen LogP contribution in [0.2, 0.25) is 0 Å². The molecule has 1 aliphatic heterocycles. The van der Waals surface area contributed by atoms with E-state index in [0.29, 0.717) is 0 Å². The van der Waals surface area contributed by atoms with Gasteiger partial charge in [0.2, 0.25) is 0 Å². The molecule has 0 radical (unpaired) electrons. The average Bonchev–Trinajstić information content (AvgIpc) is 2.07. The van der Waals surface area contributed by atoms with E-state index >= 15 is 0 Å². The minimum atomic E-state index is 1.06. The lowest BCUT2D eigenvalue weighted by Crippen LogP contribution is -2.29. The zero-order valence-corrected chi connectivity index (χ0v) is 7.21. The first-order valence-electron chi connectivity index (χ1n) is 4.20. The van der Waals surface area contributed by atoms with Crippen molar-refractivity contribution in [1.82, 2.24) is 4.90 Å². The Kier molecular flexibility index (Phi) is 3.14. The van der Waals surface area contributed by atoms with Crippen molar-refractivity contribution in [2.45, 2.75) is 19.3 Å². The molecule has 62 valence electrons. The van der Waals surface area contributed by atoms with E-state index < -0.39 is 0 Å². The lowest BCUT2D eigenvalue weighted by Gasteiger charge is -2.28. The summed E-state index contributed by atoms with van der Waals surface area (Å²) in [6.45, 7) is 6.26. The van der Waals surface area contributed by atoms with Gasteiger partial charge in [-0.2, -0.15) is 0 Å². The molecule has 11 heavy (non-hydrogen) atoms. The molecule has 0 atom stereocenters. The standard InChI is InChI=1S/C9H16N2/c1-9(8-10-2)11-6-4-3-5-7-11/h8H,1,3-7H2,2H3. The summed E-state index contributed by atoms with van der Waals surface area (Å²) in [4.78, 5) is 6.25. The lowest BCUT2D eigenvalue weighted by molar-refractivity contribution is 0.299. The number of likely N-dealkylation sites (tertiary alicyclic amines) is 1. The monoisotopic (exact) mass is 152 g/mol. The van der Waals surface area contributed by atoms with Crippen molar-refractivity contribution in [1.29, 1.82) is 0 Å². The van der Waals surface area contributed by atoms with Gasteiger partial charge >= 0.3 is 0 Å². The molecule has 0 aromatic rings. The van der Waals surface area contributed by atoms with Crippen LogP contribution in [0.15, 0.2) is 17.3 Å². The molecule has 2 nitrogen and oxygen atoms in total. The van der Waals surface area contributed by atoms with E-state index in [4.69, 9.17) is 0 Å². The normalized spacial score (nSPS) is 19.2. The predicted octanol–water partition coefficient (Wildman–Crippen LogP) is 1.69. The van der Waals surface area contributed by atoms with Crippen LogP contribution in [-0.2, 0) is 0 Å². The molecule has 1 aliphatic rings. The summed E-state index contributed by atoms with van der Waals surface area (Å²) in [5.41, 5.74) is 1.06. The van der Waals surface area contributed by atoms with Crippen LogP contribution in [0, 0.1) is 0 Å². The van der Waals surface area contributed by atoms with E-state index in [2.05, 4.69) is 16.5 Å². The third-order valence-corrected chi connectivity index (χ3v) is 2.04. The van der Waals surface area contributed by atoms with Crippen molar-refractivity contribution in [3.05, 3.63) is 12.3 Å². The van der Waals surface area contributed by atoms with E-state index in [-0.39, 0.29) is 0 Å². The van der Waals surface area contributed by atoms with Gasteiger partial charge in [-0.25, -0.2) is 0 Å². The summed E-state index contributed by atoms with van der Waals surface area (Å²) in [6.07, 6.45) is 5.81. The van der Waals surface area contributed by atoms with Crippen molar-refractivity contribution in [3.8, 4) is 0 Å². The molecule has 1 fully saturated rings. The first-order valence-corrected chi connectivity index (χ1v) is 4.20. The van der Waals surface area contributed by atoms with Gasteiger partial charge in [-0.05, 0) is 19.3 Å². The fourth-order valence-corrected chi connectivity index (χ4v) is 1.41. The number of allylic oxidation sites excluding steroid dienone is 1. The van der Waals surface area contributed by atoms with Gasteiger partial charge in [0.15, 0.2) is 0 Å². The molecule has 1 heterocycles. The van der Waals surface area contributed by atoms with Crippen molar-refractivity contribution in [2.75, 3.05) is 20.1 Å². The molecule has 0 unspecified atom stereocenters. The van der Waals surface area contributed by atoms with Gasteiger partial charge in [0.05, 0.1) is 0 Å². The van der Waals surface area contributed by atoms with Gasteiger partial charge in [0, 0.05) is 32.0 Å². The van der Waals surface area contributed by atoms with E-state index in [1.807, 2.05) is 6.21 Å². The van der Waals surface area contributed by atoms with Gasteiger partial charge in [0.25, 0.3) is 0 Å². The number of nitrogens with zero attached hydrogens (tertiary/aromatic N) is 2. The van der Waals surface area contributed by atoms with E-state index in [9.17, 15) is 0 Å². The summed E-state index contributed by atoms with van der Waals surface area (Å²) in [5, 5.41) is 0. The molecule has 1 saturated heterocycles. The average molecular weight is 152 g/mol. The second-order valence-corrected chi connectivity index (χ2v) is 2.93. The molecule has 0 aliphatic carbocycles. The molecule has 0 aromatic carbocycles. The molecular weight excluding hydrogens is 136 g/mol. The Labute approximate surface area is 68.6 Å². The van der Waals surface area contributed by atoms with E-state index in [1.54, 1.807) is 7.05 Å². The van der Waals surface area contributed by atoms with Crippen molar-refractivity contribution in [2.24, 2.45) is 4.99 Å². The van der Waals surface area contributed by atoms with Gasteiger partial charge < -0.3 is 4.90 Å². The summed E-state index contributed by atoms with van der Waals surface area (Å²) in [7, 11) is 1.79. The second-order valence-electron chi connectivity index (χ2n) is 2.93. The van der Waals surface area contributed by atoms with Crippen LogP contribution in [0.1, 0.15) is 19.3 Å². The van der Waals surface area contributed by atoms with Crippen LogP contribution in [0.25, 0.3) is 0 Å². The maximum atomic E-state index is 3.94. The quantitative estimate of drug-likeness (QED) is 0.550. The summed E-state index contributed by atoms with van der Waals surface area (Å²) in [5.74, 6) is 0. The number of rotatable bonds is 2. The third-order valence-electron chi connectivity index (χ3n) is 2.04. The smallest absolute Gasteiger partial charge is 0.0474 e. The summed E-state index contributed by atoms with van der Waals surface area (Å²) in [6, 6.07) is 0. The highest BCUT2D eigenvalue weighted by Crippen LogP contribution is 2.11. The third kappa shape index (κ3) is 2.37. The molecule has 2 heteroatoms. The van der Waals surface area contributed by atoms with Crippen LogP contribution < -0.4 is 0 Å². The van der Waals surface area contributed by atoms with Gasteiger partial charge in [-0.15, -0.1) is 0 Å². The molecule has 0 N–H and O–H groups in total. The maximum Gasteiger partial charge on any atom is 0.0474 e. The fraction of sp³-hybridized carbons (Fsp3) is 0.667. The first-order chi connectivity index (χ1) is 5.34. The Morgan fingerprint density at radius 2 is 2.00 bits per heavy atom. The zero-order chi connectivity index (χ0) is 8.10. The van der Waals surface area contributed by atoms with Crippen LogP contribution >= 0.6 is 0 Å². The number of hydrogen-bond acceptors (Lipinski definition) is 2. The molecule has 1 rings (SSSR count). The van der Waals surface area contributed by atoms with Crippen LogP contribution in [-0.4, -0.2) is 31.3 Å². The van der Waals surface area contributed by atoms with Crippen molar-refractivity contribution in [3.63, 3.8) is 0 Å². The van der Waals surface area contributed by atoms with Crippen molar-refractivity contribution >= 4 is 6.21 Å². The highest BCUT2D eigenvalue weighted by atomic mass is 15.1. The topological polar surface area (TPSA) is 15.6 Å². The van der Waals surface area contributed by atoms with Crippen molar-refractivity contribution < 1.29 is 0 Å². The van der Waals surface area contributed by atoms with E-state index in [0.717, 1.165) is 18.8 Å². The molecule has 0 saturated carbocycles. The van der Waals surface area contributed by atoms with Gasteiger partial charge in [-0.3, -0.25) is 4.99 Å². The highest BCUT2D eigenvalue weighted by molar-refractivity contribution is 5.76. The fourth-order valence-electron chi connectivity index (χ4n) is 1.41. The number of piperidine rings is 1. The Bertz CT molecular complexity index is 155. The minimum Gasteiger partial charge on any atom is -0.371 e. The Hall–Kier alpha value is -0.790. The van der Waals surface area contributed by atoms with Crippen LogP contribution in [0.5, 0.6) is 0 Å². The summed E-state index contributed by atoms with van der Waals surface area (Å²) >= 11 is 0. The molecule has 0 aromatic heterocycles. The lowest BCUT2D eigenvalue weighted by atomic mass is 10.1. The summed E-state index contributed by atoms with van der Waals surface area (Å²) < 4.78 is 0. The Balaban J connectivity index is 2.38.